The fourth-order valence-corrected chi connectivity index (χ4v) is 13.7. The molecule has 11 aromatic rings. The molecule has 0 amide bonds. The minimum atomic E-state index is -0.334. The molecule has 0 radical (unpaired) electrons. The van der Waals surface area contributed by atoms with Crippen LogP contribution in [-0.4, -0.2) is 0 Å². The van der Waals surface area contributed by atoms with E-state index in [-0.39, 0.29) is 16.2 Å². The highest BCUT2D eigenvalue weighted by Crippen LogP contribution is 2.64. The van der Waals surface area contributed by atoms with Crippen LogP contribution in [-0.2, 0) is 16.2 Å². The van der Waals surface area contributed by atoms with Gasteiger partial charge in [-0.3, -0.25) is 0 Å². The summed E-state index contributed by atoms with van der Waals surface area (Å²) in [6.07, 6.45) is 0. The second kappa shape index (κ2) is 13.8. The van der Waals surface area contributed by atoms with Crippen LogP contribution in [0.2, 0.25) is 0 Å². The molecule has 3 aliphatic carbocycles. The predicted molar refractivity (Wildman–Crippen MR) is 293 cm³/mol. The molecule has 9 aromatic carbocycles. The molecule has 0 spiro atoms. The predicted octanol–water partition coefficient (Wildman–Crippen LogP) is 18.8. The van der Waals surface area contributed by atoms with E-state index in [1.807, 2.05) is 0 Å². The van der Waals surface area contributed by atoms with Gasteiger partial charge in [0.05, 0.1) is 0 Å². The van der Waals surface area contributed by atoms with E-state index in [0.717, 1.165) is 50.3 Å². The van der Waals surface area contributed by atoms with Crippen LogP contribution in [0.25, 0.3) is 88.4 Å². The minimum absolute atomic E-state index is 0.210. The molecule has 0 aliphatic heterocycles. The number of furan rings is 2. The first kappa shape index (κ1) is 41.4. The monoisotopic (exact) mass is 905 g/mol. The summed E-state index contributed by atoms with van der Waals surface area (Å²) in [5.74, 6) is 0. The van der Waals surface area contributed by atoms with Gasteiger partial charge >= 0.3 is 0 Å². The van der Waals surface area contributed by atoms with Gasteiger partial charge in [0.2, 0.25) is 0 Å². The third-order valence-corrected chi connectivity index (χ3v) is 16.8. The Kier molecular flexibility index (Phi) is 8.15. The SMILES string of the molecule is Cc1cc(C)cc(N(c2ccc3c(c2)C(C)(C)c2cc(-c4ccc(C)cc4C)c4oc5ccccc5c4c2-3)c2ccc3c(c2)C(C)(C)c2c4c(c5c(oc6ccccc65)c2-3)-c2ccccc2C4(C)C)c1. The average molecular weight is 906 g/mol. The molecule has 0 atom stereocenters. The number of hydrogen-bond acceptors (Lipinski definition) is 3. The van der Waals surface area contributed by atoms with Crippen molar-refractivity contribution in [2.24, 2.45) is 0 Å². The van der Waals surface area contributed by atoms with Crippen LogP contribution in [0, 0.1) is 27.7 Å². The standard InChI is InChI=1S/C67H55NO2/c1-36-23-26-43(39(4)30-36)49-35-53-56(58-47-18-12-15-21-54(47)69-63(49)58)45-27-24-40(33-51(45)65(53,5)6)68(42-31-37(2)29-38(3)32-42)41-25-28-46-52(34-41)67(9,10)62-60(46)64-59(48-19-13-16-22-55(48)70-64)57-44-17-11-14-20-50(44)66(7,8)61(57)62/h11-35H,1-10H3. The summed E-state index contributed by atoms with van der Waals surface area (Å²) in [6.45, 7) is 23.4. The summed E-state index contributed by atoms with van der Waals surface area (Å²) in [5.41, 5.74) is 29.6. The van der Waals surface area contributed by atoms with Gasteiger partial charge < -0.3 is 13.7 Å². The summed E-state index contributed by atoms with van der Waals surface area (Å²) in [6, 6.07) is 56.9. The van der Waals surface area contributed by atoms with E-state index >= 15 is 0 Å². The molecule has 14 rings (SSSR count). The lowest BCUT2D eigenvalue weighted by Crippen LogP contribution is -2.24. The number of fused-ring (bicyclic) bond motifs is 19. The summed E-state index contributed by atoms with van der Waals surface area (Å²) < 4.78 is 13.9. The molecule has 340 valence electrons. The van der Waals surface area contributed by atoms with Crippen molar-refractivity contribution >= 4 is 60.9 Å². The maximum Gasteiger partial charge on any atom is 0.144 e. The van der Waals surface area contributed by atoms with E-state index in [1.54, 1.807) is 0 Å². The Hall–Kier alpha value is -7.62. The van der Waals surface area contributed by atoms with Crippen molar-refractivity contribution in [1.82, 2.24) is 0 Å². The van der Waals surface area contributed by atoms with E-state index in [4.69, 9.17) is 8.83 Å². The fourth-order valence-electron chi connectivity index (χ4n) is 13.7. The number of benzene rings is 9. The molecule has 0 unspecified atom stereocenters. The van der Waals surface area contributed by atoms with Gasteiger partial charge in [-0.2, -0.15) is 0 Å². The first-order chi connectivity index (χ1) is 33.6. The van der Waals surface area contributed by atoms with Crippen molar-refractivity contribution in [3.05, 3.63) is 207 Å². The third-order valence-electron chi connectivity index (χ3n) is 16.8. The Bertz CT molecular complexity index is 4130. The fraction of sp³-hybridized carbons (Fsp3) is 0.194. The van der Waals surface area contributed by atoms with E-state index in [2.05, 4.69) is 226 Å². The first-order valence-corrected chi connectivity index (χ1v) is 25.0. The number of rotatable bonds is 4. The maximum atomic E-state index is 7.06. The molecule has 0 bridgehead atoms. The van der Waals surface area contributed by atoms with Gasteiger partial charge in [-0.25, -0.2) is 0 Å². The highest BCUT2D eigenvalue weighted by Gasteiger charge is 2.49. The van der Waals surface area contributed by atoms with Gasteiger partial charge in [-0.05, 0) is 166 Å². The third kappa shape index (κ3) is 5.30. The molecule has 0 saturated carbocycles. The van der Waals surface area contributed by atoms with Crippen molar-refractivity contribution in [2.45, 2.75) is 85.5 Å². The van der Waals surface area contributed by atoms with Gasteiger partial charge in [0.1, 0.15) is 22.3 Å². The van der Waals surface area contributed by atoms with Crippen molar-refractivity contribution in [3.8, 4) is 44.5 Å². The van der Waals surface area contributed by atoms with E-state index in [1.165, 1.54) is 111 Å². The zero-order valence-electron chi connectivity index (χ0n) is 41.7. The lowest BCUT2D eigenvalue weighted by Gasteiger charge is -2.32. The van der Waals surface area contributed by atoms with Gasteiger partial charge in [-0.15, -0.1) is 0 Å². The summed E-state index contributed by atoms with van der Waals surface area (Å²) in [5, 5.41) is 4.77. The van der Waals surface area contributed by atoms with Crippen molar-refractivity contribution in [2.75, 3.05) is 4.90 Å². The molecule has 2 aromatic heterocycles. The molecule has 2 heterocycles. The van der Waals surface area contributed by atoms with E-state index in [0.29, 0.717) is 0 Å². The molecule has 70 heavy (non-hydrogen) atoms. The Morgan fingerprint density at radius 1 is 0.357 bits per heavy atom. The Labute approximate surface area is 410 Å². The van der Waals surface area contributed by atoms with Crippen LogP contribution in [0.1, 0.15) is 97.2 Å². The normalized spacial score (nSPS) is 15.3. The molecule has 3 aliphatic rings. The van der Waals surface area contributed by atoms with Crippen LogP contribution >= 0.6 is 0 Å². The second-order valence-electron chi connectivity index (χ2n) is 22.3. The van der Waals surface area contributed by atoms with Crippen LogP contribution < -0.4 is 4.90 Å². The molecule has 3 nitrogen and oxygen atoms in total. The smallest absolute Gasteiger partial charge is 0.144 e. The molecule has 3 heteroatoms. The van der Waals surface area contributed by atoms with Crippen molar-refractivity contribution in [3.63, 3.8) is 0 Å². The van der Waals surface area contributed by atoms with Crippen LogP contribution in [0.5, 0.6) is 0 Å². The molecule has 0 saturated heterocycles. The molecule has 0 fully saturated rings. The zero-order chi connectivity index (χ0) is 47.9. The van der Waals surface area contributed by atoms with Gasteiger partial charge in [0.25, 0.3) is 0 Å². The number of anilines is 3. The Morgan fingerprint density at radius 2 is 0.886 bits per heavy atom. The van der Waals surface area contributed by atoms with E-state index < -0.39 is 0 Å². The minimum Gasteiger partial charge on any atom is -0.455 e. The first-order valence-electron chi connectivity index (χ1n) is 25.0. The van der Waals surface area contributed by atoms with Gasteiger partial charge in [0.15, 0.2) is 0 Å². The summed E-state index contributed by atoms with van der Waals surface area (Å²) in [4.78, 5) is 2.50. The summed E-state index contributed by atoms with van der Waals surface area (Å²) >= 11 is 0. The van der Waals surface area contributed by atoms with Crippen LogP contribution in [0.3, 0.4) is 0 Å². The highest BCUT2D eigenvalue weighted by molar-refractivity contribution is 6.21. The topological polar surface area (TPSA) is 29.5 Å². The van der Waals surface area contributed by atoms with Crippen molar-refractivity contribution < 1.29 is 8.83 Å². The zero-order valence-corrected chi connectivity index (χ0v) is 41.7. The summed E-state index contributed by atoms with van der Waals surface area (Å²) in [7, 11) is 0. The van der Waals surface area contributed by atoms with Crippen LogP contribution in [0.4, 0.5) is 17.1 Å². The number of aryl methyl sites for hydroxylation is 4. The quantitative estimate of drug-likeness (QED) is 0.176. The second-order valence-corrected chi connectivity index (χ2v) is 22.3. The van der Waals surface area contributed by atoms with Crippen LogP contribution in [0.15, 0.2) is 160 Å². The lowest BCUT2D eigenvalue weighted by molar-refractivity contribution is 0.600. The molecular formula is C67H55NO2. The Balaban J connectivity index is 0.991. The Morgan fingerprint density at radius 3 is 1.56 bits per heavy atom. The average Bonchev–Trinajstić information content (AvgIpc) is 4.08. The number of hydrogen-bond donors (Lipinski definition) is 0. The number of nitrogens with zero attached hydrogens (tertiary/aromatic N) is 1. The maximum absolute atomic E-state index is 7.06. The molecule has 0 N–H and O–H groups in total. The highest BCUT2D eigenvalue weighted by atomic mass is 16.3. The number of para-hydroxylation sites is 2. The largest absolute Gasteiger partial charge is 0.455 e. The van der Waals surface area contributed by atoms with E-state index in [9.17, 15) is 0 Å². The van der Waals surface area contributed by atoms with Gasteiger partial charge in [-0.1, -0.05) is 144 Å². The lowest BCUT2D eigenvalue weighted by atomic mass is 9.72. The molecular weight excluding hydrogens is 851 g/mol. The van der Waals surface area contributed by atoms with Crippen molar-refractivity contribution in [1.29, 1.82) is 0 Å². The van der Waals surface area contributed by atoms with Gasteiger partial charge in [0, 0.05) is 66.0 Å².